The summed E-state index contributed by atoms with van der Waals surface area (Å²) in [4.78, 5) is 14.1. The van der Waals surface area contributed by atoms with Gasteiger partial charge in [-0.05, 0) is 51.4 Å². The molecule has 130 valence electrons. The molecule has 0 bridgehead atoms. The van der Waals surface area contributed by atoms with Gasteiger partial charge in [0.15, 0.2) is 0 Å². The fourth-order valence-corrected chi connectivity index (χ4v) is 2.41. The molecule has 0 aromatic heterocycles. The van der Waals surface area contributed by atoms with Crippen LogP contribution in [0, 0.1) is 0 Å². The first-order valence-corrected chi connectivity index (χ1v) is 8.82. The predicted molar refractivity (Wildman–Crippen MR) is 101 cm³/mol. The van der Waals surface area contributed by atoms with Crippen molar-refractivity contribution < 1.29 is 9.90 Å². The molecule has 23 heavy (non-hydrogen) atoms. The molecular formula is C18H30N2O2S. The van der Waals surface area contributed by atoms with Crippen molar-refractivity contribution in [3.8, 4) is 0 Å². The second-order valence-electron chi connectivity index (χ2n) is 5.25. The molecule has 0 saturated carbocycles. The van der Waals surface area contributed by atoms with Gasteiger partial charge in [0.2, 0.25) is 0 Å². The van der Waals surface area contributed by atoms with Crippen molar-refractivity contribution >= 4 is 17.9 Å². The number of amides is 1. The first-order chi connectivity index (χ1) is 11.0. The quantitative estimate of drug-likeness (QED) is 0.277. The molecule has 5 heteroatoms. The zero-order chi connectivity index (χ0) is 17.7. The van der Waals surface area contributed by atoms with Gasteiger partial charge in [-0.1, -0.05) is 50.3 Å². The number of carbonyl (C=O) groups excluding carboxylic acids is 1. The lowest BCUT2D eigenvalue weighted by atomic mass is 10.2. The van der Waals surface area contributed by atoms with Gasteiger partial charge < -0.3 is 10.0 Å². The molecule has 2 N–H and O–H groups in total. The fourth-order valence-electron chi connectivity index (χ4n) is 1.76. The molecule has 1 amide bonds. The highest BCUT2D eigenvalue weighted by Crippen LogP contribution is 2.17. The number of rotatable bonds is 10. The van der Waals surface area contributed by atoms with Crippen LogP contribution in [-0.2, 0) is 4.79 Å². The van der Waals surface area contributed by atoms with Gasteiger partial charge >= 0.3 is 0 Å². The van der Waals surface area contributed by atoms with Crippen LogP contribution >= 0.6 is 11.9 Å². The summed E-state index contributed by atoms with van der Waals surface area (Å²) < 4.78 is 2.71. The van der Waals surface area contributed by atoms with E-state index in [1.165, 1.54) is 0 Å². The maximum Gasteiger partial charge on any atom is 0.260 e. The van der Waals surface area contributed by atoms with Gasteiger partial charge in [0.25, 0.3) is 5.91 Å². The molecule has 0 aliphatic heterocycles. The summed E-state index contributed by atoms with van der Waals surface area (Å²) in [5, 5.41) is 10.3. The highest BCUT2D eigenvalue weighted by atomic mass is 32.2. The summed E-state index contributed by atoms with van der Waals surface area (Å²) in [6.07, 6.45) is 12.9. The van der Waals surface area contributed by atoms with E-state index >= 15 is 0 Å². The van der Waals surface area contributed by atoms with Crippen LogP contribution in [0.3, 0.4) is 0 Å². The number of nitrogens with zero attached hydrogens (tertiary/aromatic N) is 1. The first kappa shape index (κ1) is 21.7. The van der Waals surface area contributed by atoms with Crippen molar-refractivity contribution in [2.45, 2.75) is 39.0 Å². The maximum atomic E-state index is 12.1. The van der Waals surface area contributed by atoms with E-state index in [2.05, 4.69) is 4.72 Å². The molecule has 0 aromatic rings. The van der Waals surface area contributed by atoms with E-state index in [1.807, 2.05) is 70.1 Å². The number of carbonyl (C=O) groups is 1. The standard InChI is InChI=1S/C18H30N2O2S/c1-6-10-15(11-7-2)17(21)19-23-18(22)16(12-8-3)13-9-14-20(4)5/h6,9-13,18,22H,7-8,14H2,1-5H3,(H,19,21)/b10-6-,13-9-,15-11+,16-12+. The van der Waals surface area contributed by atoms with Crippen molar-refractivity contribution in [2.75, 3.05) is 20.6 Å². The Labute approximate surface area is 145 Å². The Kier molecular flexibility index (Phi) is 12.4. The van der Waals surface area contributed by atoms with Crippen molar-refractivity contribution in [2.24, 2.45) is 0 Å². The minimum Gasteiger partial charge on any atom is -0.376 e. The Morgan fingerprint density at radius 2 is 1.87 bits per heavy atom. The van der Waals surface area contributed by atoms with Crippen LogP contribution in [0.15, 0.2) is 47.6 Å². The molecule has 0 radical (unpaired) electrons. The molecule has 0 heterocycles. The molecule has 0 saturated heterocycles. The fraction of sp³-hybridized carbons (Fsp3) is 0.500. The molecule has 0 aromatic carbocycles. The average Bonchev–Trinajstić information content (AvgIpc) is 2.51. The summed E-state index contributed by atoms with van der Waals surface area (Å²) in [5.74, 6) is -0.192. The van der Waals surface area contributed by atoms with E-state index in [1.54, 1.807) is 6.08 Å². The Balaban J connectivity index is 4.72. The third-order valence-electron chi connectivity index (χ3n) is 2.80. The third kappa shape index (κ3) is 10.2. The molecule has 0 rings (SSSR count). The molecule has 1 atom stereocenters. The van der Waals surface area contributed by atoms with Gasteiger partial charge in [-0.25, -0.2) is 0 Å². The van der Waals surface area contributed by atoms with E-state index in [0.29, 0.717) is 5.57 Å². The summed E-state index contributed by atoms with van der Waals surface area (Å²) in [5.41, 5.74) is 0.622. The van der Waals surface area contributed by atoms with Gasteiger partial charge in [0.05, 0.1) is 0 Å². The summed E-state index contributed by atoms with van der Waals surface area (Å²) in [6, 6.07) is 0. The molecule has 0 aliphatic rings. The Morgan fingerprint density at radius 1 is 1.22 bits per heavy atom. The number of likely N-dealkylation sites (N-methyl/N-ethyl adjacent to an activating group) is 1. The lowest BCUT2D eigenvalue weighted by Gasteiger charge is -2.13. The van der Waals surface area contributed by atoms with Crippen molar-refractivity contribution in [3.05, 3.63) is 47.6 Å². The lowest BCUT2D eigenvalue weighted by Crippen LogP contribution is -2.22. The molecular weight excluding hydrogens is 308 g/mol. The topological polar surface area (TPSA) is 52.6 Å². The normalized spacial score (nSPS) is 14.9. The van der Waals surface area contributed by atoms with E-state index in [0.717, 1.165) is 36.9 Å². The van der Waals surface area contributed by atoms with Crippen LogP contribution in [0.4, 0.5) is 0 Å². The largest absolute Gasteiger partial charge is 0.376 e. The Hall–Kier alpha value is -1.30. The SMILES string of the molecule is C/C=C\C(=C/CC)C(=O)NSC(O)C(/C=C\CN(C)C)=C/CC. The minimum absolute atomic E-state index is 0.192. The van der Waals surface area contributed by atoms with E-state index < -0.39 is 5.44 Å². The zero-order valence-electron chi connectivity index (χ0n) is 14.9. The molecule has 0 fully saturated rings. The number of allylic oxidation sites excluding steroid dienone is 3. The second-order valence-corrected chi connectivity index (χ2v) is 6.13. The van der Waals surface area contributed by atoms with Crippen molar-refractivity contribution in [3.63, 3.8) is 0 Å². The number of nitrogens with one attached hydrogen (secondary N) is 1. The lowest BCUT2D eigenvalue weighted by molar-refractivity contribution is -0.115. The van der Waals surface area contributed by atoms with E-state index in [9.17, 15) is 9.90 Å². The van der Waals surface area contributed by atoms with Crippen LogP contribution in [0.25, 0.3) is 0 Å². The first-order valence-electron chi connectivity index (χ1n) is 7.94. The molecule has 1 unspecified atom stereocenters. The highest BCUT2D eigenvalue weighted by Gasteiger charge is 2.12. The maximum absolute atomic E-state index is 12.1. The van der Waals surface area contributed by atoms with Gasteiger partial charge in [-0.3, -0.25) is 9.52 Å². The van der Waals surface area contributed by atoms with E-state index in [4.69, 9.17) is 0 Å². The number of aliphatic hydroxyl groups excluding tert-OH is 1. The Bertz CT molecular complexity index is 466. The predicted octanol–water partition coefficient (Wildman–Crippen LogP) is 3.44. The minimum atomic E-state index is -0.786. The van der Waals surface area contributed by atoms with Crippen LogP contribution < -0.4 is 4.72 Å². The monoisotopic (exact) mass is 338 g/mol. The highest BCUT2D eigenvalue weighted by molar-refractivity contribution is 7.98. The zero-order valence-corrected chi connectivity index (χ0v) is 15.7. The molecule has 0 aliphatic carbocycles. The van der Waals surface area contributed by atoms with Crippen LogP contribution in [0.2, 0.25) is 0 Å². The van der Waals surface area contributed by atoms with Gasteiger partial charge in [0.1, 0.15) is 5.44 Å². The molecule has 4 nitrogen and oxygen atoms in total. The van der Waals surface area contributed by atoms with Crippen LogP contribution in [0.5, 0.6) is 0 Å². The molecule has 0 spiro atoms. The summed E-state index contributed by atoms with van der Waals surface area (Å²) in [6.45, 7) is 6.67. The Morgan fingerprint density at radius 3 is 2.39 bits per heavy atom. The van der Waals surface area contributed by atoms with Crippen LogP contribution in [0.1, 0.15) is 33.6 Å². The van der Waals surface area contributed by atoms with Crippen molar-refractivity contribution in [1.82, 2.24) is 9.62 Å². The van der Waals surface area contributed by atoms with E-state index in [-0.39, 0.29) is 5.91 Å². The second kappa shape index (κ2) is 13.2. The average molecular weight is 339 g/mol. The number of hydrogen-bond donors (Lipinski definition) is 2. The number of aliphatic hydroxyl groups is 1. The van der Waals surface area contributed by atoms with Crippen molar-refractivity contribution in [1.29, 1.82) is 0 Å². The third-order valence-corrected chi connectivity index (χ3v) is 3.60. The number of hydrogen-bond acceptors (Lipinski definition) is 4. The van der Waals surface area contributed by atoms with Gasteiger partial charge in [-0.2, -0.15) is 0 Å². The van der Waals surface area contributed by atoms with Crippen LogP contribution in [-0.4, -0.2) is 42.0 Å². The summed E-state index contributed by atoms with van der Waals surface area (Å²) >= 11 is 1.02. The van der Waals surface area contributed by atoms with Gasteiger partial charge in [-0.15, -0.1) is 0 Å². The smallest absolute Gasteiger partial charge is 0.260 e. The summed E-state index contributed by atoms with van der Waals surface area (Å²) in [7, 11) is 3.98. The van der Waals surface area contributed by atoms with Gasteiger partial charge in [0, 0.05) is 12.1 Å².